The van der Waals surface area contributed by atoms with Crippen molar-refractivity contribution in [2.75, 3.05) is 18.2 Å². The molecule has 2 rings (SSSR count). The Bertz CT molecular complexity index is 579. The molecule has 110 valence electrons. The molecule has 2 aromatic rings. The number of hydrogen-bond donors (Lipinski definition) is 2. The number of rotatable bonds is 6. The Balaban J connectivity index is 2.48. The lowest BCUT2D eigenvalue weighted by Gasteiger charge is -2.15. The quantitative estimate of drug-likeness (QED) is 0.795. The van der Waals surface area contributed by atoms with Gasteiger partial charge in [-0.1, -0.05) is 20.8 Å². The molecule has 0 radical (unpaired) electrons. The van der Waals surface area contributed by atoms with E-state index in [1.165, 1.54) is 0 Å². The predicted molar refractivity (Wildman–Crippen MR) is 81.4 cm³/mol. The van der Waals surface area contributed by atoms with Crippen LogP contribution in [0.1, 0.15) is 38.9 Å². The standard InChI is InChI=1S/C13H21N5OS/c1-5-9(7-19)14-11-6-10(20-4)13-16-15-12(8(2)3)18(13)17-11/h6,8-9,19H,5,7H2,1-4H3,(H,14,17)/t9-/m1/s1. The maximum atomic E-state index is 9.30. The molecule has 0 unspecified atom stereocenters. The average molecular weight is 295 g/mol. The number of aliphatic hydroxyl groups excluding tert-OH is 1. The van der Waals surface area contributed by atoms with Crippen molar-refractivity contribution in [1.82, 2.24) is 19.8 Å². The van der Waals surface area contributed by atoms with Crippen LogP contribution in [0.3, 0.4) is 0 Å². The summed E-state index contributed by atoms with van der Waals surface area (Å²) in [6.45, 7) is 6.25. The highest BCUT2D eigenvalue weighted by Gasteiger charge is 2.16. The van der Waals surface area contributed by atoms with Crippen LogP contribution in [0.5, 0.6) is 0 Å². The van der Waals surface area contributed by atoms with E-state index in [0.717, 1.165) is 28.6 Å². The van der Waals surface area contributed by atoms with Gasteiger partial charge in [-0.3, -0.25) is 0 Å². The summed E-state index contributed by atoms with van der Waals surface area (Å²) in [7, 11) is 0. The van der Waals surface area contributed by atoms with E-state index in [2.05, 4.69) is 34.5 Å². The second kappa shape index (κ2) is 6.41. The molecule has 0 spiro atoms. The number of thioether (sulfide) groups is 1. The van der Waals surface area contributed by atoms with Gasteiger partial charge >= 0.3 is 0 Å². The molecule has 1 atom stereocenters. The third-order valence-corrected chi connectivity index (χ3v) is 3.90. The van der Waals surface area contributed by atoms with Crippen molar-refractivity contribution < 1.29 is 5.11 Å². The van der Waals surface area contributed by atoms with Crippen LogP contribution in [0.2, 0.25) is 0 Å². The summed E-state index contributed by atoms with van der Waals surface area (Å²) >= 11 is 1.61. The average Bonchev–Trinajstić information content (AvgIpc) is 2.87. The zero-order valence-electron chi connectivity index (χ0n) is 12.3. The van der Waals surface area contributed by atoms with E-state index in [0.29, 0.717) is 0 Å². The van der Waals surface area contributed by atoms with Gasteiger partial charge in [0.1, 0.15) is 5.82 Å². The summed E-state index contributed by atoms with van der Waals surface area (Å²) in [6, 6.07) is 1.96. The number of aromatic nitrogens is 4. The highest BCUT2D eigenvalue weighted by Crippen LogP contribution is 2.25. The minimum absolute atomic E-state index is 0.00800. The number of fused-ring (bicyclic) bond motifs is 1. The SMILES string of the molecule is CC[C@H](CO)Nc1cc(SC)c2nnc(C(C)C)n2n1. The van der Waals surface area contributed by atoms with Gasteiger partial charge in [-0.15, -0.1) is 27.1 Å². The normalized spacial score (nSPS) is 13.1. The summed E-state index contributed by atoms with van der Waals surface area (Å²) in [6.07, 6.45) is 2.84. The van der Waals surface area contributed by atoms with E-state index in [9.17, 15) is 5.11 Å². The van der Waals surface area contributed by atoms with Gasteiger partial charge in [0.05, 0.1) is 17.5 Å². The second-order valence-corrected chi connectivity index (χ2v) is 5.83. The van der Waals surface area contributed by atoms with Crippen LogP contribution < -0.4 is 5.32 Å². The van der Waals surface area contributed by atoms with Crippen molar-refractivity contribution in [3.63, 3.8) is 0 Å². The van der Waals surface area contributed by atoms with Gasteiger partial charge in [0, 0.05) is 5.92 Å². The molecular formula is C13H21N5OS. The molecule has 2 heterocycles. The molecule has 0 aliphatic rings. The third kappa shape index (κ3) is 2.88. The van der Waals surface area contributed by atoms with E-state index in [1.54, 1.807) is 16.3 Å². The number of nitrogens with zero attached hydrogens (tertiary/aromatic N) is 4. The van der Waals surface area contributed by atoms with Crippen molar-refractivity contribution >= 4 is 23.2 Å². The molecule has 2 N–H and O–H groups in total. The third-order valence-electron chi connectivity index (χ3n) is 3.16. The van der Waals surface area contributed by atoms with Crippen LogP contribution in [-0.2, 0) is 0 Å². The summed E-state index contributed by atoms with van der Waals surface area (Å²) in [4.78, 5) is 1.02. The molecule has 0 amide bonds. The fourth-order valence-corrected chi connectivity index (χ4v) is 2.48. The van der Waals surface area contributed by atoms with Crippen LogP contribution in [0.15, 0.2) is 11.0 Å². The smallest absolute Gasteiger partial charge is 0.191 e. The first-order chi connectivity index (χ1) is 9.60. The van der Waals surface area contributed by atoms with Gasteiger partial charge < -0.3 is 10.4 Å². The largest absolute Gasteiger partial charge is 0.394 e. The summed E-state index contributed by atoms with van der Waals surface area (Å²) < 4.78 is 1.79. The zero-order chi connectivity index (χ0) is 14.7. The van der Waals surface area contributed by atoms with Crippen LogP contribution in [0, 0.1) is 0 Å². The minimum Gasteiger partial charge on any atom is -0.394 e. The van der Waals surface area contributed by atoms with Crippen molar-refractivity contribution in [2.45, 2.75) is 44.0 Å². The fraction of sp³-hybridized carbons (Fsp3) is 0.615. The second-order valence-electron chi connectivity index (χ2n) is 4.98. The van der Waals surface area contributed by atoms with Crippen molar-refractivity contribution in [3.05, 3.63) is 11.9 Å². The Morgan fingerprint density at radius 2 is 2.15 bits per heavy atom. The van der Waals surface area contributed by atoms with Gasteiger partial charge in [0.15, 0.2) is 11.5 Å². The molecule has 0 aliphatic carbocycles. The first-order valence-corrected chi connectivity index (χ1v) is 8.00. The highest BCUT2D eigenvalue weighted by atomic mass is 32.2. The maximum Gasteiger partial charge on any atom is 0.191 e. The van der Waals surface area contributed by atoms with E-state index in [4.69, 9.17) is 0 Å². The number of anilines is 1. The van der Waals surface area contributed by atoms with Crippen molar-refractivity contribution in [2.24, 2.45) is 0 Å². The van der Waals surface area contributed by atoms with E-state index >= 15 is 0 Å². The van der Waals surface area contributed by atoms with Crippen molar-refractivity contribution in [3.8, 4) is 0 Å². The van der Waals surface area contributed by atoms with Gasteiger partial charge in [0.25, 0.3) is 0 Å². The van der Waals surface area contributed by atoms with E-state index in [1.807, 2.05) is 19.2 Å². The van der Waals surface area contributed by atoms with Crippen LogP contribution in [-0.4, -0.2) is 43.8 Å². The maximum absolute atomic E-state index is 9.30. The molecule has 2 aromatic heterocycles. The fourth-order valence-electron chi connectivity index (χ4n) is 1.94. The number of nitrogens with one attached hydrogen (secondary N) is 1. The summed E-state index contributed by atoms with van der Waals surface area (Å²) in [5.74, 6) is 1.84. The van der Waals surface area contributed by atoms with Crippen LogP contribution in [0.25, 0.3) is 5.65 Å². The Kier molecular flexibility index (Phi) is 4.82. The van der Waals surface area contributed by atoms with Gasteiger partial charge in [-0.25, -0.2) is 0 Å². The molecule has 0 aromatic carbocycles. The summed E-state index contributed by atoms with van der Waals surface area (Å²) in [5.41, 5.74) is 0.781. The van der Waals surface area contributed by atoms with Gasteiger partial charge in [0.2, 0.25) is 0 Å². The number of hydrogen-bond acceptors (Lipinski definition) is 6. The Hall–Kier alpha value is -1.34. The van der Waals surface area contributed by atoms with Gasteiger partial charge in [-0.05, 0) is 18.7 Å². The number of aliphatic hydroxyl groups is 1. The topological polar surface area (TPSA) is 75.3 Å². The molecule has 20 heavy (non-hydrogen) atoms. The molecular weight excluding hydrogens is 274 g/mol. The molecule has 0 aliphatic heterocycles. The predicted octanol–water partition coefficient (Wildman–Crippen LogP) is 2.15. The molecule has 0 saturated heterocycles. The first-order valence-electron chi connectivity index (χ1n) is 6.78. The lowest BCUT2D eigenvalue weighted by atomic mass is 10.2. The molecule has 7 heteroatoms. The van der Waals surface area contributed by atoms with Gasteiger partial charge in [-0.2, -0.15) is 4.52 Å². The Morgan fingerprint density at radius 1 is 1.40 bits per heavy atom. The molecule has 0 bridgehead atoms. The zero-order valence-corrected chi connectivity index (χ0v) is 13.1. The molecule has 0 saturated carbocycles. The van der Waals surface area contributed by atoms with Crippen molar-refractivity contribution in [1.29, 1.82) is 0 Å². The highest BCUT2D eigenvalue weighted by molar-refractivity contribution is 7.98. The molecule has 6 nitrogen and oxygen atoms in total. The molecule has 0 fully saturated rings. The minimum atomic E-state index is 0.00800. The van der Waals surface area contributed by atoms with E-state index < -0.39 is 0 Å². The van der Waals surface area contributed by atoms with E-state index in [-0.39, 0.29) is 18.6 Å². The summed E-state index contributed by atoms with van der Waals surface area (Å²) in [5, 5.41) is 25.6. The monoisotopic (exact) mass is 295 g/mol. The van der Waals surface area contributed by atoms with Crippen LogP contribution >= 0.6 is 11.8 Å². The van der Waals surface area contributed by atoms with Crippen LogP contribution in [0.4, 0.5) is 5.82 Å². The Morgan fingerprint density at radius 3 is 2.70 bits per heavy atom. The lowest BCUT2D eigenvalue weighted by Crippen LogP contribution is -2.23. The Labute approximate surface area is 123 Å². The first kappa shape index (κ1) is 15.1. The lowest BCUT2D eigenvalue weighted by molar-refractivity contribution is 0.271.